The first-order chi connectivity index (χ1) is 11.3. The maximum absolute atomic E-state index is 5.83. The van der Waals surface area contributed by atoms with Gasteiger partial charge in [-0.1, -0.05) is 43.7 Å². The molecular weight excluding hydrogens is 304 g/mol. The molecule has 0 aliphatic carbocycles. The number of benzene rings is 1. The molecule has 0 saturated carbocycles. The topological polar surface area (TPSA) is 64.7 Å². The molecule has 118 valence electrons. The van der Waals surface area contributed by atoms with Crippen molar-refractivity contribution in [1.82, 2.24) is 15.0 Å². The summed E-state index contributed by atoms with van der Waals surface area (Å²) in [6, 6.07) is 14.4. The van der Waals surface area contributed by atoms with Gasteiger partial charge >= 0.3 is 0 Å². The number of thioether (sulfide) groups is 1. The monoisotopic (exact) mass is 324 g/mol. The van der Waals surface area contributed by atoms with E-state index in [1.807, 2.05) is 30.3 Å². The second-order valence-corrected chi connectivity index (χ2v) is 6.51. The third-order valence-electron chi connectivity index (χ3n) is 3.55. The highest BCUT2D eigenvalue weighted by atomic mass is 32.2. The zero-order valence-electron chi connectivity index (χ0n) is 13.2. The molecule has 0 spiro atoms. The standard InChI is InChI=1S/C18H20N4S/c1-2-3-11-23-17-16-15(21-18(19)22-17)10-9-14(20-16)12-13-7-5-4-6-8-13/h4-10H,2-3,11-12H2,1H3,(H2,19,21,22). The lowest BCUT2D eigenvalue weighted by Gasteiger charge is -2.08. The Hall–Kier alpha value is -2.14. The minimum absolute atomic E-state index is 0.314. The molecule has 3 rings (SSSR count). The zero-order valence-corrected chi connectivity index (χ0v) is 14.0. The summed E-state index contributed by atoms with van der Waals surface area (Å²) in [5.41, 5.74) is 9.76. The summed E-state index contributed by atoms with van der Waals surface area (Å²) in [6.07, 6.45) is 3.12. The van der Waals surface area contributed by atoms with Crippen molar-refractivity contribution >= 4 is 28.7 Å². The van der Waals surface area contributed by atoms with E-state index in [0.29, 0.717) is 5.95 Å². The summed E-state index contributed by atoms with van der Waals surface area (Å²) in [7, 11) is 0. The van der Waals surface area contributed by atoms with Gasteiger partial charge in [0.05, 0.1) is 5.52 Å². The van der Waals surface area contributed by atoms with Crippen LogP contribution in [-0.4, -0.2) is 20.7 Å². The predicted molar refractivity (Wildman–Crippen MR) is 96.6 cm³/mol. The van der Waals surface area contributed by atoms with E-state index in [2.05, 4.69) is 29.0 Å². The number of nitrogens with two attached hydrogens (primary N) is 1. The molecule has 4 nitrogen and oxygen atoms in total. The van der Waals surface area contributed by atoms with Gasteiger partial charge in [0, 0.05) is 12.1 Å². The van der Waals surface area contributed by atoms with E-state index in [9.17, 15) is 0 Å². The Morgan fingerprint density at radius 2 is 1.83 bits per heavy atom. The van der Waals surface area contributed by atoms with Crippen molar-refractivity contribution in [2.75, 3.05) is 11.5 Å². The zero-order chi connectivity index (χ0) is 16.1. The number of hydrogen-bond donors (Lipinski definition) is 1. The highest BCUT2D eigenvalue weighted by Crippen LogP contribution is 2.26. The van der Waals surface area contributed by atoms with E-state index in [-0.39, 0.29) is 0 Å². The van der Waals surface area contributed by atoms with Gasteiger partial charge in [0.25, 0.3) is 0 Å². The Labute approximate surface area is 140 Å². The first-order valence-corrected chi connectivity index (χ1v) is 8.84. The average molecular weight is 324 g/mol. The average Bonchev–Trinajstić information content (AvgIpc) is 2.56. The molecule has 5 heteroatoms. The van der Waals surface area contributed by atoms with Crippen LogP contribution in [0.2, 0.25) is 0 Å². The fraction of sp³-hybridized carbons (Fsp3) is 0.278. The third-order valence-corrected chi connectivity index (χ3v) is 4.60. The van der Waals surface area contributed by atoms with E-state index < -0.39 is 0 Å². The molecule has 0 aliphatic heterocycles. The Bertz CT molecular complexity index is 790. The van der Waals surface area contributed by atoms with Gasteiger partial charge in [0.2, 0.25) is 5.95 Å². The van der Waals surface area contributed by atoms with Crippen LogP contribution in [0.4, 0.5) is 5.95 Å². The van der Waals surface area contributed by atoms with Gasteiger partial charge in [-0.25, -0.2) is 15.0 Å². The number of nitrogens with zero attached hydrogens (tertiary/aromatic N) is 3. The van der Waals surface area contributed by atoms with Crippen LogP contribution in [-0.2, 0) is 6.42 Å². The summed E-state index contributed by atoms with van der Waals surface area (Å²) < 4.78 is 0. The van der Waals surface area contributed by atoms with Gasteiger partial charge in [0.1, 0.15) is 10.5 Å². The van der Waals surface area contributed by atoms with Crippen molar-refractivity contribution in [3.05, 3.63) is 53.7 Å². The van der Waals surface area contributed by atoms with Gasteiger partial charge < -0.3 is 5.73 Å². The lowest BCUT2D eigenvalue weighted by molar-refractivity contribution is 0.894. The van der Waals surface area contributed by atoms with Crippen LogP contribution < -0.4 is 5.73 Å². The number of pyridine rings is 1. The molecule has 0 atom stereocenters. The highest BCUT2D eigenvalue weighted by molar-refractivity contribution is 7.99. The first kappa shape index (κ1) is 15.7. The number of hydrogen-bond acceptors (Lipinski definition) is 5. The summed E-state index contributed by atoms with van der Waals surface area (Å²) in [4.78, 5) is 13.5. The number of fused-ring (bicyclic) bond motifs is 1. The van der Waals surface area contributed by atoms with E-state index in [1.165, 1.54) is 5.56 Å². The van der Waals surface area contributed by atoms with Crippen molar-refractivity contribution in [2.24, 2.45) is 0 Å². The van der Waals surface area contributed by atoms with Crippen molar-refractivity contribution < 1.29 is 0 Å². The molecule has 0 unspecified atom stereocenters. The van der Waals surface area contributed by atoms with Gasteiger partial charge in [-0.2, -0.15) is 0 Å². The van der Waals surface area contributed by atoms with Crippen LogP contribution in [0.15, 0.2) is 47.5 Å². The van der Waals surface area contributed by atoms with Crippen LogP contribution in [0.3, 0.4) is 0 Å². The lowest BCUT2D eigenvalue weighted by atomic mass is 10.1. The molecule has 23 heavy (non-hydrogen) atoms. The normalized spacial score (nSPS) is 11.0. The fourth-order valence-electron chi connectivity index (χ4n) is 2.36. The summed E-state index contributed by atoms with van der Waals surface area (Å²) >= 11 is 1.71. The van der Waals surface area contributed by atoms with Gasteiger partial charge in [-0.05, 0) is 29.9 Å². The van der Waals surface area contributed by atoms with Crippen LogP contribution in [0, 0.1) is 0 Å². The largest absolute Gasteiger partial charge is 0.368 e. The van der Waals surface area contributed by atoms with E-state index >= 15 is 0 Å². The molecule has 1 aromatic carbocycles. The van der Waals surface area contributed by atoms with Crippen molar-refractivity contribution in [2.45, 2.75) is 31.2 Å². The Morgan fingerprint density at radius 3 is 2.61 bits per heavy atom. The maximum Gasteiger partial charge on any atom is 0.221 e. The molecule has 0 amide bonds. The molecule has 3 aromatic rings. The van der Waals surface area contributed by atoms with E-state index in [4.69, 9.17) is 10.7 Å². The first-order valence-electron chi connectivity index (χ1n) is 7.86. The quantitative estimate of drug-likeness (QED) is 0.420. The SMILES string of the molecule is CCCCSc1nc(N)nc2ccc(Cc3ccccc3)nc12. The number of rotatable bonds is 6. The highest BCUT2D eigenvalue weighted by Gasteiger charge is 2.10. The van der Waals surface area contributed by atoms with Gasteiger partial charge in [0.15, 0.2) is 0 Å². The molecule has 0 aliphatic rings. The molecule has 0 fully saturated rings. The molecule has 2 N–H and O–H groups in total. The fourth-order valence-corrected chi connectivity index (χ4v) is 3.43. The minimum atomic E-state index is 0.314. The van der Waals surface area contributed by atoms with Crippen molar-refractivity contribution in [3.8, 4) is 0 Å². The minimum Gasteiger partial charge on any atom is -0.368 e. The number of unbranched alkanes of at least 4 members (excludes halogenated alkanes) is 1. The molecule has 2 aromatic heterocycles. The molecule has 2 heterocycles. The van der Waals surface area contributed by atoms with Crippen LogP contribution in [0.5, 0.6) is 0 Å². The lowest BCUT2D eigenvalue weighted by Crippen LogP contribution is -2.01. The third kappa shape index (κ3) is 3.99. The number of aromatic nitrogens is 3. The number of nitrogen functional groups attached to an aromatic ring is 1. The summed E-state index contributed by atoms with van der Waals surface area (Å²) in [6.45, 7) is 2.18. The molecular formula is C18H20N4S. The van der Waals surface area contributed by atoms with Gasteiger partial charge in [-0.3, -0.25) is 0 Å². The smallest absolute Gasteiger partial charge is 0.221 e. The summed E-state index contributed by atoms with van der Waals surface area (Å²) in [5, 5.41) is 0.885. The van der Waals surface area contributed by atoms with E-state index in [1.54, 1.807) is 11.8 Å². The second-order valence-electron chi connectivity index (χ2n) is 5.42. The molecule has 0 radical (unpaired) electrons. The second kappa shape index (κ2) is 7.42. The van der Waals surface area contributed by atoms with Gasteiger partial charge in [-0.15, -0.1) is 11.8 Å². The number of anilines is 1. The predicted octanol–water partition coefficient (Wildman–Crippen LogP) is 4.09. The molecule has 0 bridgehead atoms. The van der Waals surface area contributed by atoms with Crippen molar-refractivity contribution in [1.29, 1.82) is 0 Å². The molecule has 0 saturated heterocycles. The van der Waals surface area contributed by atoms with E-state index in [0.717, 1.165) is 46.8 Å². The maximum atomic E-state index is 5.83. The van der Waals surface area contributed by atoms with Crippen LogP contribution >= 0.6 is 11.8 Å². The Kier molecular flexibility index (Phi) is 5.08. The summed E-state index contributed by atoms with van der Waals surface area (Å²) in [5.74, 6) is 1.33. The van der Waals surface area contributed by atoms with Crippen LogP contribution in [0.1, 0.15) is 31.0 Å². The Morgan fingerprint density at radius 1 is 1.00 bits per heavy atom. The Balaban J connectivity index is 1.93. The van der Waals surface area contributed by atoms with Crippen molar-refractivity contribution in [3.63, 3.8) is 0 Å². The van der Waals surface area contributed by atoms with Crippen LogP contribution in [0.25, 0.3) is 11.0 Å².